The maximum atomic E-state index is 15.1. The number of benzene rings is 1. The van der Waals surface area contributed by atoms with Gasteiger partial charge < -0.3 is 24.0 Å². The van der Waals surface area contributed by atoms with E-state index in [-0.39, 0.29) is 29.5 Å². The summed E-state index contributed by atoms with van der Waals surface area (Å²) in [6.45, 7) is 15.7. The highest BCUT2D eigenvalue weighted by Crippen LogP contribution is 2.46. The molecule has 4 heterocycles. The molecule has 356 valence electrons. The summed E-state index contributed by atoms with van der Waals surface area (Å²) in [6, 6.07) is 4.50. The van der Waals surface area contributed by atoms with Crippen molar-refractivity contribution in [2.45, 2.75) is 182 Å². The zero-order valence-electron chi connectivity index (χ0n) is 40.4. The number of aromatic nitrogens is 3. The normalized spacial score (nSPS) is 13.2. The summed E-state index contributed by atoms with van der Waals surface area (Å²) in [5.74, 6) is -1.33. The first kappa shape index (κ1) is 53.9. The summed E-state index contributed by atoms with van der Waals surface area (Å²) in [4.78, 5) is 42.1. The van der Waals surface area contributed by atoms with Gasteiger partial charge in [-0.05, 0) is 88.6 Å². The summed E-state index contributed by atoms with van der Waals surface area (Å²) in [6.07, 6.45) is 26.5. The van der Waals surface area contributed by atoms with Gasteiger partial charge >= 0.3 is 5.97 Å². The number of sulfone groups is 1. The molecule has 0 radical (unpaired) electrons. The van der Waals surface area contributed by atoms with E-state index < -0.39 is 26.7 Å². The summed E-state index contributed by atoms with van der Waals surface area (Å²) in [5, 5.41) is -0.0300. The molecule has 0 fully saturated rings. The minimum atomic E-state index is -3.46. The largest absolute Gasteiger partial charge is 0.460 e. The number of carbonyl (C=O) groups excluding carboxylic acids is 2. The molecule has 4 aromatic rings. The van der Waals surface area contributed by atoms with Crippen molar-refractivity contribution in [1.29, 1.82) is 0 Å². The number of ether oxygens (including phenoxy) is 1. The molecule has 1 N–H and O–H groups in total. The first-order valence-electron chi connectivity index (χ1n) is 23.5. The summed E-state index contributed by atoms with van der Waals surface area (Å²) in [5.41, 5.74) is 3.99. The Labute approximate surface area is 381 Å². The Bertz CT molecular complexity index is 2280. The number of fused-ring (bicyclic) bond motifs is 2. The van der Waals surface area contributed by atoms with Gasteiger partial charge in [-0.2, -0.15) is 0 Å². The van der Waals surface area contributed by atoms with E-state index in [9.17, 15) is 22.4 Å². The van der Waals surface area contributed by atoms with Gasteiger partial charge in [-0.25, -0.2) is 22.2 Å². The van der Waals surface area contributed by atoms with Crippen LogP contribution in [0.15, 0.2) is 41.6 Å². The molecule has 3 aromatic heterocycles. The maximum absolute atomic E-state index is 15.1. The third-order valence-electron chi connectivity index (χ3n) is 11.8. The molecule has 1 aromatic carbocycles. The number of nitrogens with zero attached hydrogens (tertiary/aromatic N) is 3. The van der Waals surface area contributed by atoms with Crippen molar-refractivity contribution in [3.63, 3.8) is 0 Å². The predicted molar refractivity (Wildman–Crippen MR) is 258 cm³/mol. The fraction of sp³-hybridized carbons (Fsp3) is 0.608. The van der Waals surface area contributed by atoms with Crippen LogP contribution < -0.4 is 10.5 Å². The van der Waals surface area contributed by atoms with Crippen molar-refractivity contribution in [1.82, 2.24) is 14.5 Å². The number of anilines is 2. The number of halogens is 2. The van der Waals surface area contributed by atoms with Crippen molar-refractivity contribution in [3.8, 4) is 11.1 Å². The Morgan fingerprint density at radius 3 is 2.05 bits per heavy atom. The average molecular weight is 911 g/mol. The fourth-order valence-electron chi connectivity index (χ4n) is 8.23. The molecule has 0 spiro atoms. The van der Waals surface area contributed by atoms with Gasteiger partial charge in [-0.1, -0.05) is 104 Å². The van der Waals surface area contributed by atoms with E-state index in [1.807, 2.05) is 39.8 Å². The lowest BCUT2D eigenvalue weighted by molar-refractivity contribution is -0.154. The number of unbranched alkanes of at least 4 members (excludes halogenated alkanes) is 12. The van der Waals surface area contributed by atoms with E-state index in [0.717, 1.165) is 60.9 Å². The molecule has 1 aliphatic heterocycles. The van der Waals surface area contributed by atoms with Crippen molar-refractivity contribution in [3.05, 3.63) is 75.5 Å². The molecular formula is C51H76F2N4O6S. The van der Waals surface area contributed by atoms with E-state index >= 15 is 4.39 Å². The molecule has 5 rings (SSSR count). The second kappa shape index (κ2) is 25.9. The van der Waals surface area contributed by atoms with Crippen LogP contribution in [0.25, 0.3) is 22.0 Å². The van der Waals surface area contributed by atoms with Crippen LogP contribution in [0.4, 0.5) is 20.3 Å². The Balaban J connectivity index is 0.000000372. The van der Waals surface area contributed by atoms with Crippen LogP contribution in [0.3, 0.4) is 0 Å². The van der Waals surface area contributed by atoms with Crippen LogP contribution in [0.5, 0.6) is 0 Å². The quantitative estimate of drug-likeness (QED) is 0.0497. The van der Waals surface area contributed by atoms with Crippen LogP contribution in [0, 0.1) is 24.5 Å². The number of carbonyl (C=O) groups is 2. The van der Waals surface area contributed by atoms with Crippen molar-refractivity contribution >= 4 is 44.5 Å². The number of hydrogen-bond acceptors (Lipinski definition) is 8. The molecule has 2 unspecified atom stereocenters. The molecule has 10 nitrogen and oxygen atoms in total. The highest BCUT2D eigenvalue weighted by Gasteiger charge is 2.32. The summed E-state index contributed by atoms with van der Waals surface area (Å²) >= 11 is 0. The lowest BCUT2D eigenvalue weighted by atomic mass is 9.92. The predicted octanol–water partition coefficient (Wildman–Crippen LogP) is 13.1. The minimum Gasteiger partial charge on any atom is -0.460 e. The molecule has 1 aliphatic rings. The molecule has 0 aliphatic carbocycles. The second-order valence-corrected chi connectivity index (χ2v) is 20.7. The first-order chi connectivity index (χ1) is 30.3. The van der Waals surface area contributed by atoms with Crippen LogP contribution in [-0.4, -0.2) is 47.1 Å². The number of aryl methyl sites for hydroxylation is 2. The number of H-pyrrole nitrogens is 1. The van der Waals surface area contributed by atoms with Gasteiger partial charge in [0.1, 0.15) is 23.2 Å². The smallest absolute Gasteiger partial charge is 0.306 e. The lowest BCUT2D eigenvalue weighted by Crippen LogP contribution is -2.23. The van der Waals surface area contributed by atoms with Crippen molar-refractivity contribution < 1.29 is 31.5 Å². The van der Waals surface area contributed by atoms with E-state index in [1.54, 1.807) is 24.3 Å². The Morgan fingerprint density at radius 1 is 0.938 bits per heavy atom. The average Bonchev–Trinajstić information content (AvgIpc) is 3.59. The topological polar surface area (TPSA) is 131 Å². The molecule has 64 heavy (non-hydrogen) atoms. The molecular weight excluding hydrogens is 835 g/mol. The zero-order chi connectivity index (χ0) is 47.6. The third-order valence-corrected chi connectivity index (χ3v) is 13.3. The van der Waals surface area contributed by atoms with Crippen LogP contribution >= 0.6 is 0 Å². The Hall–Kier alpha value is -4.39. The van der Waals surface area contributed by atoms with Gasteiger partial charge in [0.05, 0.1) is 23.7 Å². The molecule has 13 heteroatoms. The Kier molecular flexibility index (Phi) is 21.9. The van der Waals surface area contributed by atoms with Gasteiger partial charge in [0.2, 0.25) is 0 Å². The number of aldehydes is 1. The van der Waals surface area contributed by atoms with Crippen molar-refractivity contribution in [2.75, 3.05) is 11.2 Å². The lowest BCUT2D eigenvalue weighted by Gasteiger charge is -2.27. The van der Waals surface area contributed by atoms with Gasteiger partial charge in [0, 0.05) is 54.7 Å². The van der Waals surface area contributed by atoms with Gasteiger partial charge in [0.15, 0.2) is 21.5 Å². The van der Waals surface area contributed by atoms with E-state index in [0.29, 0.717) is 46.5 Å². The summed E-state index contributed by atoms with van der Waals surface area (Å²) < 4.78 is 61.8. The number of pyridine rings is 2. The van der Waals surface area contributed by atoms with Crippen LogP contribution in [0.1, 0.15) is 180 Å². The number of esters is 1. The second-order valence-electron chi connectivity index (χ2n) is 18.5. The Morgan fingerprint density at radius 2 is 1.52 bits per heavy atom. The van der Waals surface area contributed by atoms with Crippen LogP contribution in [-0.2, 0) is 37.8 Å². The summed E-state index contributed by atoms with van der Waals surface area (Å²) in [7, 11) is -1.81. The van der Waals surface area contributed by atoms with Gasteiger partial charge in [-0.3, -0.25) is 9.59 Å². The maximum Gasteiger partial charge on any atom is 0.306 e. The van der Waals surface area contributed by atoms with Gasteiger partial charge in [-0.15, -0.1) is 0 Å². The molecule has 0 amide bonds. The molecule has 0 bridgehead atoms. The highest BCUT2D eigenvalue weighted by atomic mass is 32.2. The van der Waals surface area contributed by atoms with Crippen LogP contribution in [0.2, 0.25) is 0 Å². The molecule has 2 atom stereocenters. The molecule has 0 saturated carbocycles. The first-order valence-corrected chi connectivity index (χ1v) is 25.5. The van der Waals surface area contributed by atoms with E-state index in [1.165, 1.54) is 88.4 Å². The zero-order valence-corrected chi connectivity index (χ0v) is 41.2. The van der Waals surface area contributed by atoms with E-state index in [2.05, 4.69) is 30.7 Å². The number of aromatic amines is 1. The number of rotatable bonds is 21. The van der Waals surface area contributed by atoms with Crippen molar-refractivity contribution in [2.24, 2.45) is 13.0 Å². The SMILES string of the molecule is CC=O.CCC(C)CCC(c1cc2c(cc1C)N(c1ncc(F)cc1F)Cc1c[nH]c3c(=O)n(C)cc-2c13)S(C)(=O)=O.CCCCCCCCCCCCCCCC(=O)OC(C)(C)C. The molecule has 0 saturated heterocycles. The van der Waals surface area contributed by atoms with Gasteiger partial charge in [0.25, 0.3) is 5.56 Å². The number of hydrogen-bond donors (Lipinski definition) is 1. The fourth-order valence-corrected chi connectivity index (χ4v) is 9.51. The van der Waals surface area contributed by atoms with E-state index in [4.69, 9.17) is 9.53 Å². The number of nitrogens with one attached hydrogen (secondary N) is 1. The third kappa shape index (κ3) is 16.2. The highest BCUT2D eigenvalue weighted by molar-refractivity contribution is 7.90. The standard InChI is InChI=1S/C29H32F2N4O3S.C20H40O2.C2H4O/c1-6-16(2)7-8-25(39(5,37)38)20-11-21-22-15-34(4)29(36)27-26(22)18(12-32-27)14-35(24(21)9-17(20)3)28-23(31)10-19(30)13-33-28;1-5-6-7-8-9-10-11-12-13-14-15-16-17-18-19(21)22-20(2,3)4;1-2-3/h9-13,15-16,25,32H,6-8,14H2,1-5H3;5-18H2,1-4H3;2H,1H3. The monoisotopic (exact) mass is 911 g/mol. The minimum absolute atomic E-state index is 0.0458.